The van der Waals surface area contributed by atoms with Gasteiger partial charge in [-0.3, -0.25) is 0 Å². The van der Waals surface area contributed by atoms with Crippen LogP contribution in [0, 0.1) is 5.41 Å². The quantitative estimate of drug-likeness (QED) is 0.713. The van der Waals surface area contributed by atoms with Crippen LogP contribution in [-0.4, -0.2) is 20.6 Å². The molecule has 0 atom stereocenters. The van der Waals surface area contributed by atoms with Gasteiger partial charge in [0.1, 0.15) is 0 Å². The summed E-state index contributed by atoms with van der Waals surface area (Å²) in [5.41, 5.74) is -0.307. The Morgan fingerprint density at radius 1 is 1.25 bits per heavy atom. The first kappa shape index (κ1) is 13.3. The second kappa shape index (κ2) is 4.71. The average molecular weight is 347 g/mol. The van der Waals surface area contributed by atoms with Gasteiger partial charge in [-0.05, 0) is 0 Å². The first-order valence-electron chi connectivity index (χ1n) is 3.56. The summed E-state index contributed by atoms with van der Waals surface area (Å²) in [5.74, 6) is 0.167. The third-order valence-electron chi connectivity index (χ3n) is 1.40. The van der Waals surface area contributed by atoms with Gasteiger partial charge in [0.15, 0.2) is 0 Å². The van der Waals surface area contributed by atoms with Crippen LogP contribution in [-0.2, 0) is 4.79 Å². The molecule has 0 N–H and O–H groups in total. The number of carbonyl (C=O) groups excluding carboxylic acids is 1. The van der Waals surface area contributed by atoms with E-state index in [1.54, 1.807) is 0 Å². The molecule has 0 aliphatic heterocycles. The molecule has 12 heavy (non-hydrogen) atoms. The van der Waals surface area contributed by atoms with Crippen molar-refractivity contribution in [2.24, 2.45) is 5.41 Å². The van der Waals surface area contributed by atoms with Gasteiger partial charge in [0.05, 0.1) is 0 Å². The van der Waals surface area contributed by atoms with E-state index in [1.807, 2.05) is 20.8 Å². The Hall–Kier alpha value is 1.33. The summed E-state index contributed by atoms with van der Waals surface area (Å²) in [5, 5.41) is 0. The molecule has 0 saturated carbocycles. The Morgan fingerprint density at radius 3 is 1.92 bits per heavy atom. The molecular weight excluding hydrogens is 334 g/mol. The maximum atomic E-state index is 11.4. The van der Waals surface area contributed by atoms with Gasteiger partial charge in [0.2, 0.25) is 0 Å². The van der Waals surface area contributed by atoms with Crippen LogP contribution in [0.4, 0.5) is 0 Å². The molecule has 0 aliphatic rings. The second-order valence-corrected chi connectivity index (χ2v) is 21.4. The molecule has 0 heterocycles. The van der Waals surface area contributed by atoms with Crippen LogP contribution in [0.2, 0.25) is 4.47 Å². The monoisotopic (exact) mass is 348 g/mol. The van der Waals surface area contributed by atoms with E-state index in [-0.39, 0.29) is 11.2 Å². The molecular formula is C7H13Cl3OTe. The molecule has 0 radical (unpaired) electrons. The SMILES string of the molecule is CC(C)(C)C(=O)CC[Te](Cl)(Cl)Cl. The fraction of sp³-hybridized carbons (Fsp3) is 0.857. The summed E-state index contributed by atoms with van der Waals surface area (Å²) in [6.07, 6.45) is 0.404. The van der Waals surface area contributed by atoms with Crippen LogP contribution in [0.3, 0.4) is 0 Å². The molecule has 0 aliphatic carbocycles. The van der Waals surface area contributed by atoms with Gasteiger partial charge >= 0.3 is 89.4 Å². The van der Waals surface area contributed by atoms with Crippen molar-refractivity contribution in [1.82, 2.24) is 0 Å². The number of halogens is 3. The molecule has 1 nitrogen and oxygen atoms in total. The first-order valence-corrected chi connectivity index (χ1v) is 14.1. The van der Waals surface area contributed by atoms with Gasteiger partial charge in [-0.15, -0.1) is 0 Å². The Morgan fingerprint density at radius 2 is 1.67 bits per heavy atom. The normalized spacial score (nSPS) is 14.5. The van der Waals surface area contributed by atoms with Crippen molar-refractivity contribution in [3.8, 4) is 0 Å². The van der Waals surface area contributed by atoms with Crippen LogP contribution in [0.25, 0.3) is 0 Å². The van der Waals surface area contributed by atoms with E-state index in [0.29, 0.717) is 10.9 Å². The number of hydrogen-bond acceptors (Lipinski definition) is 1. The van der Waals surface area contributed by atoms with Crippen LogP contribution >= 0.6 is 26.9 Å². The number of ketones is 1. The summed E-state index contributed by atoms with van der Waals surface area (Å²) in [6.45, 7) is 5.63. The summed E-state index contributed by atoms with van der Waals surface area (Å²) in [7, 11) is 17.1. The van der Waals surface area contributed by atoms with Gasteiger partial charge in [-0.25, -0.2) is 0 Å². The van der Waals surface area contributed by atoms with Gasteiger partial charge in [-0.1, -0.05) is 0 Å². The predicted octanol–water partition coefficient (Wildman–Crippen LogP) is 3.65. The zero-order valence-corrected chi connectivity index (χ0v) is 12.0. The number of carbonyl (C=O) groups is 1. The number of hydrogen-bond donors (Lipinski definition) is 0. The third-order valence-corrected chi connectivity index (χ3v) is 6.41. The van der Waals surface area contributed by atoms with E-state index in [1.165, 1.54) is 0 Å². The fourth-order valence-electron chi connectivity index (χ4n) is 0.583. The Labute approximate surface area is 88.8 Å². The van der Waals surface area contributed by atoms with E-state index in [2.05, 4.69) is 0 Å². The van der Waals surface area contributed by atoms with Crippen molar-refractivity contribution in [3.63, 3.8) is 0 Å². The molecule has 0 aromatic rings. The van der Waals surface area contributed by atoms with E-state index in [9.17, 15) is 4.79 Å². The van der Waals surface area contributed by atoms with E-state index >= 15 is 0 Å². The fourth-order valence-corrected chi connectivity index (χ4v) is 3.33. The molecule has 0 fully saturated rings. The molecule has 0 saturated heterocycles. The van der Waals surface area contributed by atoms with Crippen molar-refractivity contribution in [2.45, 2.75) is 31.7 Å². The number of rotatable bonds is 3. The van der Waals surface area contributed by atoms with Crippen molar-refractivity contribution in [2.75, 3.05) is 0 Å². The van der Waals surface area contributed by atoms with Gasteiger partial charge < -0.3 is 0 Å². The Bertz CT molecular complexity index is 168. The van der Waals surface area contributed by atoms with Crippen molar-refractivity contribution in [3.05, 3.63) is 0 Å². The van der Waals surface area contributed by atoms with E-state index in [4.69, 9.17) is 26.9 Å². The van der Waals surface area contributed by atoms with E-state index in [0.717, 1.165) is 0 Å². The average Bonchev–Trinajstić information content (AvgIpc) is 1.78. The molecule has 74 valence electrons. The minimum atomic E-state index is -3.08. The third kappa shape index (κ3) is 6.80. The topological polar surface area (TPSA) is 17.1 Å². The molecule has 0 unspecified atom stereocenters. The molecule has 0 spiro atoms. The summed E-state index contributed by atoms with van der Waals surface area (Å²) in [6, 6.07) is 0. The summed E-state index contributed by atoms with van der Waals surface area (Å²) >= 11 is -3.08. The number of Topliss-reactive ketones (excluding diaryl/α,β-unsaturated/α-hetero) is 1. The Kier molecular flexibility index (Phi) is 5.23. The van der Waals surface area contributed by atoms with Gasteiger partial charge in [0.25, 0.3) is 0 Å². The van der Waals surface area contributed by atoms with Gasteiger partial charge in [-0.2, -0.15) is 0 Å². The van der Waals surface area contributed by atoms with Crippen LogP contribution in [0.5, 0.6) is 0 Å². The summed E-state index contributed by atoms with van der Waals surface area (Å²) < 4.78 is 0.475. The van der Waals surface area contributed by atoms with Crippen LogP contribution in [0.15, 0.2) is 0 Å². The van der Waals surface area contributed by atoms with Crippen LogP contribution in [0.1, 0.15) is 27.2 Å². The molecule has 5 heteroatoms. The molecule has 0 bridgehead atoms. The molecule has 0 amide bonds. The predicted molar refractivity (Wildman–Crippen MR) is 57.2 cm³/mol. The minimum absolute atomic E-state index is 0.167. The van der Waals surface area contributed by atoms with Crippen LogP contribution < -0.4 is 0 Å². The zero-order chi connectivity index (χ0) is 9.99. The molecule has 0 rings (SSSR count). The zero-order valence-electron chi connectivity index (χ0n) is 7.36. The van der Waals surface area contributed by atoms with Crippen molar-refractivity contribution in [1.29, 1.82) is 0 Å². The van der Waals surface area contributed by atoms with Crippen molar-refractivity contribution < 1.29 is 4.79 Å². The Balaban J connectivity index is 3.90. The maximum absolute atomic E-state index is 11.4. The first-order chi connectivity index (χ1) is 5.13. The van der Waals surface area contributed by atoms with Gasteiger partial charge in [0, 0.05) is 0 Å². The standard InChI is InChI=1S/C7H13Cl3OTe/c1-7(2,3)6(11)4-5-12(8,9)10/h4-5H2,1-3H3. The van der Waals surface area contributed by atoms with E-state index < -0.39 is 14.8 Å². The molecule has 0 aromatic heterocycles. The summed E-state index contributed by atoms with van der Waals surface area (Å²) in [4.78, 5) is 11.4. The second-order valence-electron chi connectivity index (χ2n) is 3.63. The molecule has 0 aromatic carbocycles. The van der Waals surface area contributed by atoms with Crippen molar-refractivity contribution >= 4 is 47.5 Å².